The fourth-order valence-corrected chi connectivity index (χ4v) is 3.67. The number of likely N-dealkylation sites (tertiary alicyclic amines) is 1. The summed E-state index contributed by atoms with van der Waals surface area (Å²) in [5.41, 5.74) is 0.686. The van der Waals surface area contributed by atoms with Crippen LogP contribution in [0.2, 0.25) is 0 Å². The number of rotatable bonds is 4. The number of anilines is 1. The smallest absolute Gasteiger partial charge is 0.239 e. The van der Waals surface area contributed by atoms with Gasteiger partial charge in [0, 0.05) is 18.3 Å². The lowest BCUT2D eigenvalue weighted by Crippen LogP contribution is -2.52. The van der Waals surface area contributed by atoms with Crippen molar-refractivity contribution in [1.29, 1.82) is 0 Å². The van der Waals surface area contributed by atoms with E-state index in [0.717, 1.165) is 43.5 Å². The maximum atomic E-state index is 13.2. The van der Waals surface area contributed by atoms with E-state index in [-0.39, 0.29) is 23.3 Å². The Morgan fingerprint density at radius 1 is 1.12 bits per heavy atom. The van der Waals surface area contributed by atoms with E-state index in [1.807, 2.05) is 29.2 Å². The summed E-state index contributed by atoms with van der Waals surface area (Å²) in [5.74, 6) is -0.297. The second-order valence-corrected chi connectivity index (χ2v) is 8.93. The highest BCUT2D eigenvalue weighted by atomic mass is 16.2. The van der Waals surface area contributed by atoms with Crippen LogP contribution >= 0.6 is 0 Å². The molecule has 1 fully saturated rings. The molecule has 144 valence electrons. The Kier molecular flexibility index (Phi) is 6.15. The maximum absolute atomic E-state index is 13.2. The third-order valence-electron chi connectivity index (χ3n) is 5.44. The molecule has 4 heteroatoms. The average Bonchev–Trinajstić information content (AvgIpc) is 2.60. The van der Waals surface area contributed by atoms with Gasteiger partial charge in [-0.15, -0.1) is 0 Å². The fourth-order valence-electron chi connectivity index (χ4n) is 3.67. The summed E-state index contributed by atoms with van der Waals surface area (Å²) in [6.45, 7) is 12.7. The molecule has 0 spiro atoms. The first-order valence-electron chi connectivity index (χ1n) is 9.81. The molecule has 0 bridgehead atoms. The van der Waals surface area contributed by atoms with E-state index in [4.69, 9.17) is 0 Å². The average molecular weight is 359 g/mol. The van der Waals surface area contributed by atoms with Gasteiger partial charge in [0.15, 0.2) is 0 Å². The van der Waals surface area contributed by atoms with Crippen LogP contribution in [-0.2, 0) is 15.0 Å². The monoisotopic (exact) mass is 358 g/mol. The number of piperidine rings is 1. The molecule has 2 rings (SSSR count). The summed E-state index contributed by atoms with van der Waals surface area (Å²) in [5, 5.41) is 3.02. The Balaban J connectivity index is 2.22. The van der Waals surface area contributed by atoms with Gasteiger partial charge in [0.05, 0.1) is 0 Å². The van der Waals surface area contributed by atoms with E-state index >= 15 is 0 Å². The molecule has 1 saturated heterocycles. The molecule has 1 atom stereocenters. The number of carbonyl (C=O) groups excluding carboxylic acids is 2. The minimum absolute atomic E-state index is 0.0604. The van der Waals surface area contributed by atoms with Crippen LogP contribution in [0.3, 0.4) is 0 Å². The van der Waals surface area contributed by atoms with Crippen LogP contribution in [-0.4, -0.2) is 29.3 Å². The van der Waals surface area contributed by atoms with Crippen molar-refractivity contribution < 1.29 is 9.59 Å². The van der Waals surface area contributed by atoms with Crippen molar-refractivity contribution in [3.63, 3.8) is 0 Å². The molecule has 26 heavy (non-hydrogen) atoms. The minimum atomic E-state index is -1.09. The van der Waals surface area contributed by atoms with Crippen molar-refractivity contribution in [3.05, 3.63) is 29.8 Å². The Bertz CT molecular complexity index is 658. The molecule has 0 aromatic heterocycles. The zero-order valence-electron chi connectivity index (χ0n) is 17.2. The highest BCUT2D eigenvalue weighted by Crippen LogP contribution is 2.32. The molecular formula is C22H34N2O2. The predicted octanol–water partition coefficient (Wildman–Crippen LogP) is 4.74. The summed E-state index contributed by atoms with van der Waals surface area (Å²) in [7, 11) is 0. The predicted molar refractivity (Wildman–Crippen MR) is 107 cm³/mol. The van der Waals surface area contributed by atoms with E-state index in [1.165, 1.54) is 0 Å². The first-order chi connectivity index (χ1) is 12.1. The number of hydrogen-bond donors (Lipinski definition) is 1. The third kappa shape index (κ3) is 4.28. The third-order valence-corrected chi connectivity index (χ3v) is 5.44. The van der Waals surface area contributed by atoms with Gasteiger partial charge in [0.2, 0.25) is 11.8 Å². The number of amides is 2. The van der Waals surface area contributed by atoms with Crippen LogP contribution < -0.4 is 5.32 Å². The lowest BCUT2D eigenvalue weighted by atomic mass is 9.84. The molecule has 1 aliphatic heterocycles. The van der Waals surface area contributed by atoms with Crippen molar-refractivity contribution in [2.45, 2.75) is 78.7 Å². The zero-order chi connectivity index (χ0) is 19.5. The Morgan fingerprint density at radius 2 is 1.77 bits per heavy atom. The van der Waals surface area contributed by atoms with E-state index in [0.29, 0.717) is 0 Å². The molecule has 1 heterocycles. The van der Waals surface area contributed by atoms with Gasteiger partial charge >= 0.3 is 0 Å². The first kappa shape index (κ1) is 20.5. The standard InChI is InChI=1S/C22H34N2O2/c1-7-16-12-10-11-15-24(16)20(26)22(5,6)19(25)23-18-14-9-8-13-17(18)21(2,3)4/h8-9,13-14,16H,7,10-12,15H2,1-6H3,(H,23,25). The Morgan fingerprint density at radius 3 is 2.38 bits per heavy atom. The summed E-state index contributed by atoms with van der Waals surface area (Å²) in [6, 6.07) is 8.09. The number of hydrogen-bond acceptors (Lipinski definition) is 2. The first-order valence-corrected chi connectivity index (χ1v) is 9.81. The van der Waals surface area contributed by atoms with Gasteiger partial charge in [-0.2, -0.15) is 0 Å². The lowest BCUT2D eigenvalue weighted by molar-refractivity contribution is -0.149. The van der Waals surface area contributed by atoms with Crippen LogP contribution in [0.25, 0.3) is 0 Å². The van der Waals surface area contributed by atoms with Gasteiger partial charge in [-0.05, 0) is 56.6 Å². The summed E-state index contributed by atoms with van der Waals surface area (Å²) in [6.07, 6.45) is 4.16. The number of carbonyl (C=O) groups is 2. The van der Waals surface area contributed by atoms with Crippen LogP contribution in [0.15, 0.2) is 24.3 Å². The number of nitrogens with zero attached hydrogens (tertiary/aromatic N) is 1. The van der Waals surface area contributed by atoms with E-state index in [1.54, 1.807) is 13.8 Å². The Labute approximate surface area is 158 Å². The molecular weight excluding hydrogens is 324 g/mol. The van der Waals surface area contributed by atoms with Crippen LogP contribution in [0.4, 0.5) is 5.69 Å². The zero-order valence-corrected chi connectivity index (χ0v) is 17.2. The highest BCUT2D eigenvalue weighted by molar-refractivity contribution is 6.10. The molecule has 1 aromatic carbocycles. The molecule has 0 radical (unpaired) electrons. The lowest BCUT2D eigenvalue weighted by Gasteiger charge is -2.39. The van der Waals surface area contributed by atoms with Gasteiger partial charge < -0.3 is 10.2 Å². The van der Waals surface area contributed by atoms with Gasteiger partial charge in [0.25, 0.3) is 0 Å². The molecule has 1 aromatic rings. The second kappa shape index (κ2) is 7.81. The molecule has 1 aliphatic rings. The van der Waals surface area contributed by atoms with E-state index in [2.05, 4.69) is 33.0 Å². The van der Waals surface area contributed by atoms with Crippen LogP contribution in [0, 0.1) is 5.41 Å². The molecule has 4 nitrogen and oxygen atoms in total. The molecule has 1 unspecified atom stereocenters. The van der Waals surface area contributed by atoms with Gasteiger partial charge in [0.1, 0.15) is 5.41 Å². The van der Waals surface area contributed by atoms with Crippen molar-refractivity contribution in [2.75, 3.05) is 11.9 Å². The summed E-state index contributed by atoms with van der Waals surface area (Å²) < 4.78 is 0. The molecule has 0 saturated carbocycles. The van der Waals surface area contributed by atoms with Gasteiger partial charge in [-0.3, -0.25) is 9.59 Å². The van der Waals surface area contributed by atoms with Crippen molar-refractivity contribution in [2.24, 2.45) is 5.41 Å². The summed E-state index contributed by atoms with van der Waals surface area (Å²) >= 11 is 0. The molecule has 2 amide bonds. The topological polar surface area (TPSA) is 49.4 Å². The normalized spacial score (nSPS) is 18.5. The molecule has 0 aliphatic carbocycles. The number of para-hydroxylation sites is 1. The number of nitrogens with one attached hydrogen (secondary N) is 1. The Hall–Kier alpha value is -1.84. The summed E-state index contributed by atoms with van der Waals surface area (Å²) in [4.78, 5) is 28.1. The second-order valence-electron chi connectivity index (χ2n) is 8.93. The maximum Gasteiger partial charge on any atom is 0.239 e. The molecule has 1 N–H and O–H groups in total. The van der Waals surface area contributed by atoms with Crippen LogP contribution in [0.5, 0.6) is 0 Å². The van der Waals surface area contributed by atoms with Gasteiger partial charge in [-0.25, -0.2) is 0 Å². The van der Waals surface area contributed by atoms with E-state index in [9.17, 15) is 9.59 Å². The van der Waals surface area contributed by atoms with Crippen molar-refractivity contribution in [1.82, 2.24) is 4.90 Å². The SMILES string of the molecule is CCC1CCCCN1C(=O)C(C)(C)C(=O)Nc1ccccc1C(C)(C)C. The van der Waals surface area contributed by atoms with Gasteiger partial charge in [-0.1, -0.05) is 45.9 Å². The van der Waals surface area contributed by atoms with Crippen LogP contribution in [0.1, 0.15) is 72.8 Å². The number of benzene rings is 1. The van der Waals surface area contributed by atoms with Crippen molar-refractivity contribution in [3.8, 4) is 0 Å². The largest absolute Gasteiger partial charge is 0.339 e. The minimum Gasteiger partial charge on any atom is -0.339 e. The quantitative estimate of drug-likeness (QED) is 0.790. The van der Waals surface area contributed by atoms with E-state index < -0.39 is 5.41 Å². The fraction of sp³-hybridized carbons (Fsp3) is 0.636. The van der Waals surface area contributed by atoms with Crippen molar-refractivity contribution >= 4 is 17.5 Å². The highest BCUT2D eigenvalue weighted by Gasteiger charge is 2.42.